The minimum Gasteiger partial charge on any atom is -0.480 e. The lowest BCUT2D eigenvalue weighted by Crippen LogP contribution is -2.32. The zero-order valence-electron chi connectivity index (χ0n) is 21.5. The first-order chi connectivity index (χ1) is 18.7. The van der Waals surface area contributed by atoms with Crippen LogP contribution in [0.15, 0.2) is 48.5 Å². The van der Waals surface area contributed by atoms with Gasteiger partial charge in [-0.25, -0.2) is 9.59 Å². The number of fused-ring (bicyclic) bond motifs is 1. The van der Waals surface area contributed by atoms with E-state index in [1.54, 1.807) is 13.0 Å². The summed E-state index contributed by atoms with van der Waals surface area (Å²) >= 11 is 13.3. The van der Waals surface area contributed by atoms with Gasteiger partial charge in [0.1, 0.15) is 10.8 Å². The highest BCUT2D eigenvalue weighted by Gasteiger charge is 2.30. The van der Waals surface area contributed by atoms with Crippen LogP contribution in [0.2, 0.25) is 10.0 Å². The van der Waals surface area contributed by atoms with Gasteiger partial charge >= 0.3 is 11.9 Å². The van der Waals surface area contributed by atoms with E-state index in [0.717, 1.165) is 23.5 Å². The highest BCUT2D eigenvalue weighted by atomic mass is 35.5. The number of ether oxygens (including phenoxy) is 3. The summed E-state index contributed by atoms with van der Waals surface area (Å²) in [5.74, 6) is -1.55. The molecule has 1 aliphatic rings. The average molecular weight is 592 g/mol. The van der Waals surface area contributed by atoms with Gasteiger partial charge in [-0.15, -0.1) is 11.3 Å². The first-order valence-corrected chi connectivity index (χ1v) is 14.0. The standard InChI is InChI=1S/C28H28Cl2N2O6S/c1-3-36-28(35)25-20-11-12-32(14-18-7-5-4-6-8-18)15-23(20)39-27(25)31-26(34)17(2)38-24(33)16-37-22-10-9-19(29)13-21(22)30/h4-10,13,17H,3,11-12,14-16H2,1-2H3,(H,31,34). The Morgan fingerprint density at radius 1 is 1.13 bits per heavy atom. The van der Waals surface area contributed by atoms with Crippen molar-refractivity contribution in [2.45, 2.75) is 39.5 Å². The molecular weight excluding hydrogens is 563 g/mol. The Bertz CT molecular complexity index is 1350. The number of esters is 2. The maximum atomic E-state index is 12.9. The summed E-state index contributed by atoms with van der Waals surface area (Å²) in [6.07, 6.45) is -0.483. The van der Waals surface area contributed by atoms with Gasteiger partial charge in [0, 0.05) is 29.5 Å². The lowest BCUT2D eigenvalue weighted by atomic mass is 10.0. The number of carbonyl (C=O) groups excluding carboxylic acids is 3. The van der Waals surface area contributed by atoms with Crippen molar-refractivity contribution >= 4 is 57.4 Å². The average Bonchev–Trinajstić information content (AvgIpc) is 3.26. The molecule has 1 aliphatic heterocycles. The zero-order chi connectivity index (χ0) is 27.9. The predicted molar refractivity (Wildman–Crippen MR) is 151 cm³/mol. The van der Waals surface area contributed by atoms with E-state index in [-0.39, 0.29) is 17.4 Å². The van der Waals surface area contributed by atoms with Gasteiger partial charge in [-0.3, -0.25) is 9.69 Å². The molecule has 1 amide bonds. The SMILES string of the molecule is CCOC(=O)c1c(NC(=O)C(C)OC(=O)COc2ccc(Cl)cc2Cl)sc2c1CCN(Cc1ccccc1)C2. The van der Waals surface area contributed by atoms with E-state index in [0.29, 0.717) is 28.6 Å². The van der Waals surface area contributed by atoms with Gasteiger partial charge < -0.3 is 19.5 Å². The van der Waals surface area contributed by atoms with Crippen molar-refractivity contribution in [3.05, 3.63) is 80.1 Å². The van der Waals surface area contributed by atoms with Crippen LogP contribution in [-0.4, -0.2) is 48.6 Å². The predicted octanol–water partition coefficient (Wildman–Crippen LogP) is 5.74. The molecule has 8 nitrogen and oxygen atoms in total. The number of nitrogens with zero attached hydrogens (tertiary/aromatic N) is 1. The van der Waals surface area contributed by atoms with Crippen molar-refractivity contribution in [1.29, 1.82) is 0 Å². The number of rotatable bonds is 10. The van der Waals surface area contributed by atoms with Crippen LogP contribution >= 0.6 is 34.5 Å². The molecule has 4 rings (SSSR count). The topological polar surface area (TPSA) is 94.2 Å². The molecule has 0 spiro atoms. The van der Waals surface area contributed by atoms with Gasteiger partial charge in [0.15, 0.2) is 12.7 Å². The maximum Gasteiger partial charge on any atom is 0.344 e. The van der Waals surface area contributed by atoms with Gasteiger partial charge in [0.05, 0.1) is 17.2 Å². The molecule has 206 valence electrons. The molecule has 1 N–H and O–H groups in total. The number of halogens is 2. The van der Waals surface area contributed by atoms with Gasteiger partial charge in [0.25, 0.3) is 5.91 Å². The molecule has 2 heterocycles. The molecule has 1 atom stereocenters. The molecule has 3 aromatic rings. The zero-order valence-corrected chi connectivity index (χ0v) is 23.8. The van der Waals surface area contributed by atoms with Crippen LogP contribution in [0.1, 0.15) is 40.2 Å². The quantitative estimate of drug-likeness (QED) is 0.301. The lowest BCUT2D eigenvalue weighted by molar-refractivity contribution is -0.155. The van der Waals surface area contributed by atoms with Crippen molar-refractivity contribution in [3.8, 4) is 5.75 Å². The summed E-state index contributed by atoms with van der Waals surface area (Å²) in [4.78, 5) is 41.4. The molecule has 2 aromatic carbocycles. The second kappa shape index (κ2) is 13.3. The number of amides is 1. The number of hydrogen-bond donors (Lipinski definition) is 1. The molecule has 0 radical (unpaired) electrons. The van der Waals surface area contributed by atoms with Crippen LogP contribution in [-0.2, 0) is 38.6 Å². The summed E-state index contributed by atoms with van der Waals surface area (Å²) < 4.78 is 15.9. The molecule has 0 saturated carbocycles. The third-order valence-corrected chi connectivity index (χ3v) is 7.68. The van der Waals surface area contributed by atoms with Crippen molar-refractivity contribution in [2.24, 2.45) is 0 Å². The molecule has 0 fully saturated rings. The highest BCUT2D eigenvalue weighted by molar-refractivity contribution is 7.17. The van der Waals surface area contributed by atoms with E-state index in [9.17, 15) is 14.4 Å². The molecule has 0 saturated heterocycles. The van der Waals surface area contributed by atoms with E-state index in [1.807, 2.05) is 18.2 Å². The Labute approximate surface area is 240 Å². The number of nitrogens with one attached hydrogen (secondary N) is 1. The Balaban J connectivity index is 1.41. The molecule has 11 heteroatoms. The van der Waals surface area contributed by atoms with E-state index in [1.165, 1.54) is 36.0 Å². The number of carbonyl (C=O) groups is 3. The molecule has 0 bridgehead atoms. The molecule has 0 aliphatic carbocycles. The Kier molecular flexibility index (Phi) is 9.85. The fourth-order valence-corrected chi connectivity index (χ4v) is 5.91. The Hall–Kier alpha value is -3.11. The normalized spacial score (nSPS) is 13.7. The second-order valence-corrected chi connectivity index (χ2v) is 10.8. The molecule has 39 heavy (non-hydrogen) atoms. The summed E-state index contributed by atoms with van der Waals surface area (Å²) in [7, 11) is 0. The van der Waals surface area contributed by atoms with Gasteiger partial charge in [-0.2, -0.15) is 0 Å². The maximum absolute atomic E-state index is 12.9. The Morgan fingerprint density at radius 3 is 2.62 bits per heavy atom. The van der Waals surface area contributed by atoms with Crippen LogP contribution in [0.4, 0.5) is 5.00 Å². The number of thiophene rings is 1. The summed E-state index contributed by atoms with van der Waals surface area (Å²) in [5, 5.41) is 3.84. The fraction of sp³-hybridized carbons (Fsp3) is 0.321. The summed E-state index contributed by atoms with van der Waals surface area (Å²) in [6.45, 7) is 5.14. The van der Waals surface area contributed by atoms with E-state index in [4.69, 9.17) is 37.4 Å². The van der Waals surface area contributed by atoms with Gasteiger partial charge in [-0.05, 0) is 49.6 Å². The van der Waals surface area contributed by atoms with Crippen LogP contribution in [0.25, 0.3) is 0 Å². The van der Waals surface area contributed by atoms with Gasteiger partial charge in [0.2, 0.25) is 0 Å². The van der Waals surface area contributed by atoms with Crippen LogP contribution < -0.4 is 10.1 Å². The highest BCUT2D eigenvalue weighted by Crippen LogP contribution is 2.38. The fourth-order valence-electron chi connectivity index (χ4n) is 4.17. The summed E-state index contributed by atoms with van der Waals surface area (Å²) in [6, 6.07) is 14.8. The van der Waals surface area contributed by atoms with E-state index < -0.39 is 30.6 Å². The molecule has 1 aromatic heterocycles. The smallest absolute Gasteiger partial charge is 0.344 e. The minimum atomic E-state index is -1.13. The van der Waals surface area contributed by atoms with Crippen molar-refractivity contribution in [1.82, 2.24) is 4.90 Å². The number of benzene rings is 2. The van der Waals surface area contributed by atoms with Crippen LogP contribution in [0, 0.1) is 0 Å². The summed E-state index contributed by atoms with van der Waals surface area (Å²) in [5.41, 5.74) is 2.45. The molecular formula is C28H28Cl2N2O6S. The van der Waals surface area contributed by atoms with E-state index in [2.05, 4.69) is 22.3 Å². The van der Waals surface area contributed by atoms with Crippen molar-refractivity contribution in [2.75, 3.05) is 25.1 Å². The third-order valence-electron chi connectivity index (χ3n) is 6.02. The van der Waals surface area contributed by atoms with E-state index >= 15 is 0 Å². The van der Waals surface area contributed by atoms with Crippen LogP contribution in [0.5, 0.6) is 5.75 Å². The number of anilines is 1. The van der Waals surface area contributed by atoms with Crippen molar-refractivity contribution in [3.63, 3.8) is 0 Å². The Morgan fingerprint density at radius 2 is 1.90 bits per heavy atom. The van der Waals surface area contributed by atoms with Gasteiger partial charge in [-0.1, -0.05) is 53.5 Å². The minimum absolute atomic E-state index is 0.211. The van der Waals surface area contributed by atoms with Crippen molar-refractivity contribution < 1.29 is 28.6 Å². The first kappa shape index (κ1) is 28.9. The lowest BCUT2D eigenvalue weighted by Gasteiger charge is -2.27. The first-order valence-electron chi connectivity index (χ1n) is 12.4. The molecule has 1 unspecified atom stereocenters. The monoisotopic (exact) mass is 590 g/mol. The van der Waals surface area contributed by atoms with Crippen LogP contribution in [0.3, 0.4) is 0 Å². The number of hydrogen-bond acceptors (Lipinski definition) is 8. The second-order valence-electron chi connectivity index (χ2n) is 8.86. The largest absolute Gasteiger partial charge is 0.480 e. The third kappa shape index (κ3) is 7.51.